The van der Waals surface area contributed by atoms with E-state index in [9.17, 15) is 14.9 Å². The van der Waals surface area contributed by atoms with Gasteiger partial charge in [-0.3, -0.25) is 19.8 Å². The fraction of sp³-hybridized carbons (Fsp3) is 0.500. The minimum absolute atomic E-state index is 0.0254. The molecule has 0 aliphatic rings. The zero-order chi connectivity index (χ0) is 15.1. The highest BCUT2D eigenvalue weighted by molar-refractivity contribution is 5.97. The maximum Gasteiger partial charge on any atom is 0.269 e. The molecule has 0 heterocycles. The largest absolute Gasteiger partial charge is 0.396 e. The Balaban J connectivity index is 2.70. The number of non-ortho nitro benzene ring substituents is 1. The van der Waals surface area contributed by atoms with Crippen LogP contribution in [0.25, 0.3) is 0 Å². The fourth-order valence-corrected chi connectivity index (χ4v) is 1.84. The zero-order valence-electron chi connectivity index (χ0n) is 11.8. The number of hydrogen-bond acceptors (Lipinski definition) is 5. The Morgan fingerprint density at radius 3 is 2.40 bits per heavy atom. The van der Waals surface area contributed by atoms with Crippen molar-refractivity contribution in [2.75, 3.05) is 19.7 Å². The van der Waals surface area contributed by atoms with Gasteiger partial charge in [0.25, 0.3) is 5.69 Å². The lowest BCUT2D eigenvalue weighted by atomic mass is 10.1. The number of carbonyl (C=O) groups excluding carboxylic acids is 1. The molecule has 1 rings (SSSR count). The Bertz CT molecular complexity index is 457. The molecule has 0 atom stereocenters. The van der Waals surface area contributed by atoms with Crippen molar-refractivity contribution in [2.45, 2.75) is 26.3 Å². The maximum absolute atomic E-state index is 12.1. The number of Topliss-reactive ketones (excluding diaryl/α,β-unsaturated/α-hetero) is 1. The minimum atomic E-state index is -0.490. The predicted molar refractivity (Wildman–Crippen MR) is 75.8 cm³/mol. The van der Waals surface area contributed by atoms with Gasteiger partial charge in [0, 0.05) is 36.9 Å². The molecule has 1 aromatic carbocycles. The van der Waals surface area contributed by atoms with E-state index in [1.54, 1.807) is 0 Å². The molecule has 1 aromatic rings. The first kappa shape index (κ1) is 16.3. The van der Waals surface area contributed by atoms with Gasteiger partial charge in [0.2, 0.25) is 0 Å². The van der Waals surface area contributed by atoms with Crippen molar-refractivity contribution < 1.29 is 14.8 Å². The summed E-state index contributed by atoms with van der Waals surface area (Å²) in [7, 11) is 0. The van der Waals surface area contributed by atoms with Gasteiger partial charge in [-0.25, -0.2) is 0 Å². The van der Waals surface area contributed by atoms with Gasteiger partial charge in [-0.1, -0.05) is 0 Å². The highest BCUT2D eigenvalue weighted by Gasteiger charge is 2.16. The van der Waals surface area contributed by atoms with Crippen LogP contribution in [0.3, 0.4) is 0 Å². The standard InChI is InChI=1S/C14H20N2O4/c1-11(2)15(8-3-9-17)10-14(18)12-4-6-13(7-5-12)16(19)20/h4-7,11,17H,3,8-10H2,1-2H3. The molecule has 6 nitrogen and oxygen atoms in total. The van der Waals surface area contributed by atoms with Gasteiger partial charge in [-0.2, -0.15) is 0 Å². The number of carbonyl (C=O) groups is 1. The quantitative estimate of drug-likeness (QED) is 0.446. The van der Waals surface area contributed by atoms with Crippen molar-refractivity contribution in [3.63, 3.8) is 0 Å². The number of nitrogens with zero attached hydrogens (tertiary/aromatic N) is 2. The molecule has 0 amide bonds. The first-order valence-electron chi connectivity index (χ1n) is 6.58. The number of hydrogen-bond donors (Lipinski definition) is 1. The molecule has 0 radical (unpaired) electrons. The van der Waals surface area contributed by atoms with E-state index in [4.69, 9.17) is 5.11 Å². The third kappa shape index (κ3) is 4.71. The smallest absolute Gasteiger partial charge is 0.269 e. The van der Waals surface area contributed by atoms with Crippen LogP contribution in [0.4, 0.5) is 5.69 Å². The Morgan fingerprint density at radius 1 is 1.35 bits per heavy atom. The summed E-state index contributed by atoms with van der Waals surface area (Å²) in [4.78, 5) is 24.2. The highest BCUT2D eigenvalue weighted by atomic mass is 16.6. The number of benzene rings is 1. The molecule has 0 saturated carbocycles. The van der Waals surface area contributed by atoms with Crippen LogP contribution in [0.5, 0.6) is 0 Å². The van der Waals surface area contributed by atoms with Crippen molar-refractivity contribution in [1.82, 2.24) is 4.90 Å². The van der Waals surface area contributed by atoms with E-state index in [-0.39, 0.29) is 30.7 Å². The molecule has 20 heavy (non-hydrogen) atoms. The second kappa shape index (κ2) is 7.72. The number of aliphatic hydroxyl groups excluding tert-OH is 1. The van der Waals surface area contributed by atoms with Crippen LogP contribution in [-0.2, 0) is 0 Å². The van der Waals surface area contributed by atoms with Gasteiger partial charge >= 0.3 is 0 Å². The molecule has 0 aliphatic carbocycles. The fourth-order valence-electron chi connectivity index (χ4n) is 1.84. The zero-order valence-corrected chi connectivity index (χ0v) is 11.8. The monoisotopic (exact) mass is 280 g/mol. The number of nitro groups is 1. The average molecular weight is 280 g/mol. The van der Waals surface area contributed by atoms with Gasteiger partial charge in [-0.15, -0.1) is 0 Å². The van der Waals surface area contributed by atoms with Crippen LogP contribution < -0.4 is 0 Å². The number of nitro benzene ring substituents is 1. The van der Waals surface area contributed by atoms with Crippen LogP contribution in [-0.4, -0.2) is 46.5 Å². The van der Waals surface area contributed by atoms with E-state index in [0.29, 0.717) is 18.5 Å². The predicted octanol–water partition coefficient (Wildman–Crippen LogP) is 1.87. The summed E-state index contributed by atoms with van der Waals surface area (Å²) in [6.07, 6.45) is 0.617. The molecule has 0 bridgehead atoms. The second-order valence-electron chi connectivity index (χ2n) is 4.87. The molecular formula is C14H20N2O4. The normalized spacial score (nSPS) is 11.1. The molecule has 0 unspecified atom stereocenters. The van der Waals surface area contributed by atoms with Crippen molar-refractivity contribution in [3.05, 3.63) is 39.9 Å². The molecule has 6 heteroatoms. The summed E-state index contributed by atoms with van der Waals surface area (Å²) in [6.45, 7) is 4.96. The summed E-state index contributed by atoms with van der Waals surface area (Å²) in [5, 5.41) is 19.4. The second-order valence-corrected chi connectivity index (χ2v) is 4.87. The lowest BCUT2D eigenvalue weighted by molar-refractivity contribution is -0.384. The minimum Gasteiger partial charge on any atom is -0.396 e. The Kier molecular flexibility index (Phi) is 6.27. The van der Waals surface area contributed by atoms with Crippen LogP contribution in [0, 0.1) is 10.1 Å². The van der Waals surface area contributed by atoms with E-state index in [1.807, 2.05) is 18.7 Å². The summed E-state index contributed by atoms with van der Waals surface area (Å²) in [5.74, 6) is -0.0773. The van der Waals surface area contributed by atoms with Gasteiger partial charge in [-0.05, 0) is 32.4 Å². The van der Waals surface area contributed by atoms with Crippen molar-refractivity contribution >= 4 is 11.5 Å². The summed E-state index contributed by atoms with van der Waals surface area (Å²) in [6, 6.07) is 5.82. The topological polar surface area (TPSA) is 83.7 Å². The number of ketones is 1. The summed E-state index contributed by atoms with van der Waals surface area (Å²) < 4.78 is 0. The molecule has 0 aromatic heterocycles. The third-order valence-electron chi connectivity index (χ3n) is 3.08. The molecular weight excluding hydrogens is 260 g/mol. The van der Waals surface area contributed by atoms with Gasteiger partial charge in [0.1, 0.15) is 0 Å². The number of aliphatic hydroxyl groups is 1. The van der Waals surface area contributed by atoms with E-state index in [1.165, 1.54) is 24.3 Å². The van der Waals surface area contributed by atoms with E-state index >= 15 is 0 Å². The molecule has 0 saturated heterocycles. The molecule has 1 N–H and O–H groups in total. The lowest BCUT2D eigenvalue weighted by Gasteiger charge is -2.25. The van der Waals surface area contributed by atoms with E-state index in [2.05, 4.69) is 0 Å². The molecule has 0 aliphatic heterocycles. The first-order chi connectivity index (χ1) is 9.45. The van der Waals surface area contributed by atoms with Crippen LogP contribution in [0.2, 0.25) is 0 Å². The van der Waals surface area contributed by atoms with Crippen molar-refractivity contribution in [2.24, 2.45) is 0 Å². The number of rotatable bonds is 8. The Hall–Kier alpha value is -1.79. The highest BCUT2D eigenvalue weighted by Crippen LogP contribution is 2.13. The van der Waals surface area contributed by atoms with Crippen LogP contribution >= 0.6 is 0 Å². The van der Waals surface area contributed by atoms with Crippen molar-refractivity contribution in [3.8, 4) is 0 Å². The Labute approximate surface area is 118 Å². The summed E-state index contributed by atoms with van der Waals surface area (Å²) in [5.41, 5.74) is 0.438. The first-order valence-corrected chi connectivity index (χ1v) is 6.58. The van der Waals surface area contributed by atoms with Gasteiger partial charge in [0.05, 0.1) is 11.5 Å². The molecule has 0 spiro atoms. The van der Waals surface area contributed by atoms with Gasteiger partial charge < -0.3 is 5.11 Å². The average Bonchev–Trinajstić information content (AvgIpc) is 2.42. The van der Waals surface area contributed by atoms with Crippen molar-refractivity contribution in [1.29, 1.82) is 0 Å². The SMILES string of the molecule is CC(C)N(CCCO)CC(=O)c1ccc([N+](=O)[O-])cc1. The van der Waals surface area contributed by atoms with Gasteiger partial charge in [0.15, 0.2) is 5.78 Å². The van der Waals surface area contributed by atoms with E-state index < -0.39 is 4.92 Å². The van der Waals surface area contributed by atoms with Crippen LogP contribution in [0.15, 0.2) is 24.3 Å². The Morgan fingerprint density at radius 2 is 1.95 bits per heavy atom. The molecule has 0 fully saturated rings. The lowest BCUT2D eigenvalue weighted by Crippen LogP contribution is -2.36. The third-order valence-corrected chi connectivity index (χ3v) is 3.08. The summed E-state index contributed by atoms with van der Waals surface area (Å²) >= 11 is 0. The van der Waals surface area contributed by atoms with Crippen LogP contribution in [0.1, 0.15) is 30.6 Å². The van der Waals surface area contributed by atoms with E-state index in [0.717, 1.165) is 0 Å². The molecule has 110 valence electrons. The maximum atomic E-state index is 12.1.